The maximum atomic E-state index is 14.4. The number of nitrogens with zero attached hydrogens (tertiary/aromatic N) is 2. The smallest absolute Gasteiger partial charge is 0.272 e. The number of halogens is 2. The number of hydrogen-bond acceptors (Lipinski definition) is 4. The van der Waals surface area contributed by atoms with E-state index in [0.717, 1.165) is 10.9 Å². The van der Waals surface area contributed by atoms with Crippen LogP contribution >= 0.6 is 12.4 Å². The molecule has 1 aromatic heterocycles. The number of amides is 1. The Kier molecular flexibility index (Phi) is 6.07. The summed E-state index contributed by atoms with van der Waals surface area (Å²) in [6.07, 6.45) is 4.07. The van der Waals surface area contributed by atoms with Gasteiger partial charge in [-0.2, -0.15) is 5.10 Å². The van der Waals surface area contributed by atoms with Gasteiger partial charge in [0.2, 0.25) is 0 Å². The number of aromatic nitrogens is 2. The molecule has 3 aromatic rings. The summed E-state index contributed by atoms with van der Waals surface area (Å²) in [5.74, 6) is -0.793. The molecule has 31 heavy (non-hydrogen) atoms. The molecule has 1 saturated heterocycles. The quantitative estimate of drug-likeness (QED) is 0.636. The van der Waals surface area contributed by atoms with Crippen LogP contribution in [0.25, 0.3) is 10.8 Å². The predicted octanol–water partition coefficient (Wildman–Crippen LogP) is 3.04. The summed E-state index contributed by atoms with van der Waals surface area (Å²) in [6.45, 7) is 1.23. The lowest BCUT2D eigenvalue weighted by molar-refractivity contribution is 0.0528. The number of benzene rings is 2. The molecule has 6 nitrogen and oxygen atoms in total. The van der Waals surface area contributed by atoms with Crippen LogP contribution in [0.1, 0.15) is 40.9 Å². The van der Waals surface area contributed by atoms with E-state index in [0.29, 0.717) is 42.7 Å². The molecule has 0 radical (unpaired) electrons. The van der Waals surface area contributed by atoms with Crippen LogP contribution in [0, 0.1) is 5.82 Å². The Hall–Kier alpha value is -2.77. The van der Waals surface area contributed by atoms with Crippen molar-refractivity contribution < 1.29 is 9.18 Å². The van der Waals surface area contributed by atoms with Crippen molar-refractivity contribution in [1.82, 2.24) is 20.4 Å². The minimum Gasteiger partial charge on any atom is -0.335 e. The molecule has 0 unspecified atom stereocenters. The Morgan fingerprint density at radius 1 is 1.13 bits per heavy atom. The molecule has 8 heteroatoms. The van der Waals surface area contributed by atoms with Crippen LogP contribution in [0.4, 0.5) is 4.39 Å². The van der Waals surface area contributed by atoms with Gasteiger partial charge in [0.1, 0.15) is 5.82 Å². The topological polar surface area (TPSA) is 78.1 Å². The van der Waals surface area contributed by atoms with Crippen LogP contribution in [-0.2, 0) is 6.42 Å². The van der Waals surface area contributed by atoms with Gasteiger partial charge in [0.05, 0.1) is 16.6 Å². The summed E-state index contributed by atoms with van der Waals surface area (Å²) in [5.41, 5.74) is 1.30. The number of H-pyrrole nitrogens is 1. The first-order valence-electron chi connectivity index (χ1n) is 10.4. The van der Waals surface area contributed by atoms with Crippen LogP contribution < -0.4 is 10.9 Å². The van der Waals surface area contributed by atoms with E-state index in [2.05, 4.69) is 15.5 Å². The Morgan fingerprint density at radius 2 is 1.87 bits per heavy atom. The second-order valence-electron chi connectivity index (χ2n) is 8.24. The fraction of sp³-hybridized carbons (Fsp3) is 0.348. The maximum Gasteiger partial charge on any atom is 0.272 e. The number of fused-ring (bicyclic) bond motifs is 1. The van der Waals surface area contributed by atoms with Gasteiger partial charge in [0, 0.05) is 37.0 Å². The number of rotatable bonds is 5. The molecule has 5 rings (SSSR count). The first-order chi connectivity index (χ1) is 14.6. The van der Waals surface area contributed by atoms with Crippen molar-refractivity contribution in [3.8, 4) is 0 Å². The molecule has 1 aliphatic carbocycles. The summed E-state index contributed by atoms with van der Waals surface area (Å²) in [5, 5.41) is 11.6. The van der Waals surface area contributed by atoms with Gasteiger partial charge in [-0.3, -0.25) is 9.59 Å². The van der Waals surface area contributed by atoms with Gasteiger partial charge in [-0.1, -0.05) is 30.7 Å². The van der Waals surface area contributed by atoms with Gasteiger partial charge < -0.3 is 10.2 Å². The van der Waals surface area contributed by atoms with Crippen molar-refractivity contribution >= 4 is 29.1 Å². The molecule has 2 heterocycles. The lowest BCUT2D eigenvalue weighted by atomic mass is 9.91. The van der Waals surface area contributed by atoms with Gasteiger partial charge in [-0.15, -0.1) is 12.4 Å². The Bertz CT molecular complexity index is 1170. The molecule has 1 saturated carbocycles. The molecule has 2 N–H and O–H groups in total. The normalized spacial score (nSPS) is 16.5. The predicted molar refractivity (Wildman–Crippen MR) is 119 cm³/mol. The second kappa shape index (κ2) is 8.77. The Labute approximate surface area is 185 Å². The molecule has 2 aliphatic rings. The second-order valence-corrected chi connectivity index (χ2v) is 8.24. The summed E-state index contributed by atoms with van der Waals surface area (Å²) >= 11 is 0. The largest absolute Gasteiger partial charge is 0.335 e. The zero-order valence-corrected chi connectivity index (χ0v) is 17.8. The average Bonchev–Trinajstić information content (AvgIpc) is 2.69. The van der Waals surface area contributed by atoms with E-state index in [9.17, 15) is 14.0 Å². The molecule has 162 valence electrons. The van der Waals surface area contributed by atoms with Gasteiger partial charge in [0.25, 0.3) is 11.5 Å². The van der Waals surface area contributed by atoms with Gasteiger partial charge in [0.15, 0.2) is 0 Å². The zero-order chi connectivity index (χ0) is 20.7. The minimum atomic E-state index is -0.515. The Balaban J connectivity index is 0.00000231. The van der Waals surface area contributed by atoms with Crippen LogP contribution in [0.5, 0.6) is 0 Å². The number of aromatic amines is 1. The van der Waals surface area contributed by atoms with Crippen molar-refractivity contribution in [3.05, 3.63) is 75.5 Å². The minimum absolute atomic E-state index is 0. The molecule has 1 aliphatic heterocycles. The van der Waals surface area contributed by atoms with E-state index in [1.807, 2.05) is 12.1 Å². The zero-order valence-electron chi connectivity index (χ0n) is 16.9. The van der Waals surface area contributed by atoms with Crippen LogP contribution in [0.3, 0.4) is 0 Å². The van der Waals surface area contributed by atoms with E-state index in [1.54, 1.807) is 29.2 Å². The van der Waals surface area contributed by atoms with Crippen molar-refractivity contribution in [2.45, 2.75) is 37.8 Å². The monoisotopic (exact) mass is 442 g/mol. The summed E-state index contributed by atoms with van der Waals surface area (Å²) in [7, 11) is 0. The fourth-order valence-electron chi connectivity index (χ4n) is 4.17. The van der Waals surface area contributed by atoms with Crippen molar-refractivity contribution in [3.63, 3.8) is 0 Å². The molecular formula is C23H24ClFN4O2. The molecular weight excluding hydrogens is 419 g/mol. The van der Waals surface area contributed by atoms with Gasteiger partial charge in [-0.05, 0) is 36.6 Å². The highest BCUT2D eigenvalue weighted by Gasteiger charge is 2.34. The van der Waals surface area contributed by atoms with E-state index >= 15 is 0 Å². The number of hydrogen-bond donors (Lipinski definition) is 2. The highest BCUT2D eigenvalue weighted by molar-refractivity contribution is 5.95. The van der Waals surface area contributed by atoms with Crippen molar-refractivity contribution in [2.24, 2.45) is 0 Å². The number of nitrogens with one attached hydrogen (secondary N) is 2. The lowest BCUT2D eigenvalue weighted by Gasteiger charge is -2.43. The summed E-state index contributed by atoms with van der Waals surface area (Å²) < 4.78 is 14.4. The highest BCUT2D eigenvalue weighted by Crippen LogP contribution is 2.23. The third-order valence-electron chi connectivity index (χ3n) is 6.15. The van der Waals surface area contributed by atoms with E-state index in [1.165, 1.54) is 25.3 Å². The molecule has 0 spiro atoms. The standard InChI is InChI=1S/C23H23FN4O2.ClH/c24-20-9-8-14(11-21-17-6-1-2-7-18(17)22(29)27-26-21)10-19(20)23(30)28-12-16(13-28)25-15-4-3-5-15;/h1-2,6-10,15-16,25H,3-5,11-13H2,(H,27,29);1H. The van der Waals surface area contributed by atoms with Crippen LogP contribution in [-0.4, -0.2) is 46.2 Å². The fourth-order valence-corrected chi connectivity index (χ4v) is 4.17. The van der Waals surface area contributed by atoms with E-state index in [4.69, 9.17) is 0 Å². The van der Waals surface area contributed by atoms with Crippen molar-refractivity contribution in [1.29, 1.82) is 0 Å². The first kappa shape index (κ1) is 21.5. The van der Waals surface area contributed by atoms with E-state index < -0.39 is 5.82 Å². The number of likely N-dealkylation sites (tertiary alicyclic amines) is 1. The first-order valence-corrected chi connectivity index (χ1v) is 10.4. The summed E-state index contributed by atoms with van der Waals surface area (Å²) in [4.78, 5) is 26.5. The maximum absolute atomic E-state index is 14.4. The third-order valence-corrected chi connectivity index (χ3v) is 6.15. The van der Waals surface area contributed by atoms with Crippen molar-refractivity contribution in [2.75, 3.05) is 13.1 Å². The van der Waals surface area contributed by atoms with Crippen LogP contribution in [0.2, 0.25) is 0 Å². The lowest BCUT2D eigenvalue weighted by Crippen LogP contribution is -2.62. The summed E-state index contributed by atoms with van der Waals surface area (Å²) in [6, 6.07) is 12.7. The molecule has 0 bridgehead atoms. The number of carbonyl (C=O) groups is 1. The number of carbonyl (C=O) groups excluding carboxylic acids is 1. The molecule has 0 atom stereocenters. The molecule has 2 aromatic carbocycles. The SMILES string of the molecule is Cl.O=C(c1cc(Cc2n[nH]c(=O)c3ccccc23)ccc1F)N1CC(NC2CCC2)C1. The van der Waals surface area contributed by atoms with E-state index in [-0.39, 0.29) is 29.4 Å². The van der Waals surface area contributed by atoms with Gasteiger partial charge in [-0.25, -0.2) is 9.49 Å². The molecule has 2 fully saturated rings. The molecule has 1 amide bonds. The Morgan fingerprint density at radius 3 is 2.58 bits per heavy atom. The average molecular weight is 443 g/mol. The highest BCUT2D eigenvalue weighted by atomic mass is 35.5. The van der Waals surface area contributed by atoms with Gasteiger partial charge >= 0.3 is 0 Å². The van der Waals surface area contributed by atoms with Crippen LogP contribution in [0.15, 0.2) is 47.3 Å². The third kappa shape index (κ3) is 4.20.